The lowest BCUT2D eigenvalue weighted by molar-refractivity contribution is -0.117. The highest BCUT2D eigenvalue weighted by Crippen LogP contribution is 2.34. The van der Waals surface area contributed by atoms with Crippen LogP contribution in [0.15, 0.2) is 53.0 Å². The number of rotatable bonds is 4. The second-order valence-electron chi connectivity index (χ2n) is 5.23. The molecule has 0 aliphatic carbocycles. The van der Waals surface area contributed by atoms with Crippen LogP contribution < -0.4 is 14.8 Å². The fourth-order valence-electron chi connectivity index (χ4n) is 2.27. The van der Waals surface area contributed by atoms with Crippen LogP contribution in [0.2, 0.25) is 0 Å². The Morgan fingerprint density at radius 2 is 1.91 bits per heavy atom. The van der Waals surface area contributed by atoms with Gasteiger partial charge >= 0.3 is 0 Å². The second kappa shape index (κ2) is 6.87. The summed E-state index contributed by atoms with van der Waals surface area (Å²) in [5.41, 5.74) is 1.94. The molecule has 5 heteroatoms. The van der Waals surface area contributed by atoms with E-state index in [-0.39, 0.29) is 18.7 Å². The van der Waals surface area contributed by atoms with Crippen LogP contribution in [0.1, 0.15) is 24.1 Å². The highest BCUT2D eigenvalue weighted by Gasteiger charge is 2.16. The van der Waals surface area contributed by atoms with Crippen LogP contribution in [-0.2, 0) is 4.79 Å². The highest BCUT2D eigenvalue weighted by atomic mass is 79.9. The molecule has 4 nitrogen and oxygen atoms in total. The maximum Gasteiger partial charge on any atom is 0.244 e. The average Bonchev–Trinajstić information content (AvgIpc) is 3.02. The summed E-state index contributed by atoms with van der Waals surface area (Å²) in [7, 11) is 0. The van der Waals surface area contributed by atoms with Gasteiger partial charge in [0, 0.05) is 10.5 Å². The fourth-order valence-corrected chi connectivity index (χ4v) is 2.54. The standard InChI is InChI=1S/C18H16BrNO3/c1-12(14-5-8-16-17(10-14)23-11-22-16)20-18(21)9-4-13-2-6-15(19)7-3-13/h2-10,12H,11H2,1H3,(H,20,21)/b9-4+. The number of hydrogen-bond acceptors (Lipinski definition) is 3. The molecule has 23 heavy (non-hydrogen) atoms. The Balaban J connectivity index is 1.62. The smallest absolute Gasteiger partial charge is 0.244 e. The molecule has 1 N–H and O–H groups in total. The Bertz CT molecular complexity index is 740. The number of hydrogen-bond donors (Lipinski definition) is 1. The number of ether oxygens (including phenoxy) is 2. The van der Waals surface area contributed by atoms with Crippen molar-refractivity contribution in [1.82, 2.24) is 5.32 Å². The molecule has 2 aromatic rings. The van der Waals surface area contributed by atoms with Gasteiger partial charge in [-0.05, 0) is 48.4 Å². The molecule has 1 heterocycles. The van der Waals surface area contributed by atoms with E-state index in [0.717, 1.165) is 21.3 Å². The molecule has 0 bridgehead atoms. The number of fused-ring (bicyclic) bond motifs is 1. The van der Waals surface area contributed by atoms with Gasteiger partial charge in [-0.15, -0.1) is 0 Å². The summed E-state index contributed by atoms with van der Waals surface area (Å²) < 4.78 is 11.7. The van der Waals surface area contributed by atoms with Crippen molar-refractivity contribution in [2.24, 2.45) is 0 Å². The number of halogens is 1. The molecule has 1 unspecified atom stereocenters. The molecular weight excluding hydrogens is 358 g/mol. The third kappa shape index (κ3) is 3.93. The zero-order valence-electron chi connectivity index (χ0n) is 12.6. The van der Waals surface area contributed by atoms with E-state index >= 15 is 0 Å². The number of amides is 1. The number of nitrogens with one attached hydrogen (secondary N) is 1. The minimum Gasteiger partial charge on any atom is -0.454 e. The third-order valence-corrected chi connectivity index (χ3v) is 4.08. The van der Waals surface area contributed by atoms with E-state index < -0.39 is 0 Å². The maximum atomic E-state index is 12.0. The average molecular weight is 374 g/mol. The van der Waals surface area contributed by atoms with Crippen molar-refractivity contribution in [2.45, 2.75) is 13.0 Å². The minimum atomic E-state index is -0.141. The van der Waals surface area contributed by atoms with Gasteiger partial charge in [0.05, 0.1) is 6.04 Å². The van der Waals surface area contributed by atoms with Crippen LogP contribution in [0.4, 0.5) is 0 Å². The first-order valence-electron chi connectivity index (χ1n) is 7.25. The van der Waals surface area contributed by atoms with E-state index in [4.69, 9.17) is 9.47 Å². The van der Waals surface area contributed by atoms with Crippen molar-refractivity contribution < 1.29 is 14.3 Å². The van der Waals surface area contributed by atoms with Crippen LogP contribution in [0.3, 0.4) is 0 Å². The molecule has 1 aliphatic rings. The monoisotopic (exact) mass is 373 g/mol. The summed E-state index contributed by atoms with van der Waals surface area (Å²) in [6.07, 6.45) is 3.32. The van der Waals surface area contributed by atoms with E-state index in [1.54, 1.807) is 6.08 Å². The van der Waals surface area contributed by atoms with Gasteiger partial charge in [0.15, 0.2) is 11.5 Å². The number of carbonyl (C=O) groups excluding carboxylic acids is 1. The third-order valence-electron chi connectivity index (χ3n) is 3.55. The molecule has 118 valence electrons. The van der Waals surface area contributed by atoms with Crippen molar-refractivity contribution in [2.75, 3.05) is 6.79 Å². The van der Waals surface area contributed by atoms with Crippen molar-refractivity contribution in [3.8, 4) is 11.5 Å². The molecule has 2 aromatic carbocycles. The summed E-state index contributed by atoms with van der Waals surface area (Å²) in [6.45, 7) is 2.18. The summed E-state index contributed by atoms with van der Waals surface area (Å²) in [5, 5.41) is 2.94. The quantitative estimate of drug-likeness (QED) is 0.821. The van der Waals surface area contributed by atoms with Crippen molar-refractivity contribution in [3.05, 3.63) is 64.1 Å². The van der Waals surface area contributed by atoms with Crippen LogP contribution in [-0.4, -0.2) is 12.7 Å². The summed E-state index contributed by atoms with van der Waals surface area (Å²) in [5.74, 6) is 1.31. The lowest BCUT2D eigenvalue weighted by Gasteiger charge is -2.13. The van der Waals surface area contributed by atoms with Crippen molar-refractivity contribution >= 4 is 27.9 Å². The van der Waals surface area contributed by atoms with E-state index in [9.17, 15) is 4.79 Å². The highest BCUT2D eigenvalue weighted by molar-refractivity contribution is 9.10. The zero-order chi connectivity index (χ0) is 16.2. The van der Waals surface area contributed by atoms with Gasteiger partial charge in [0.1, 0.15) is 0 Å². The molecule has 0 saturated carbocycles. The number of carbonyl (C=O) groups is 1. The Morgan fingerprint density at radius 3 is 2.70 bits per heavy atom. The van der Waals surface area contributed by atoms with Crippen LogP contribution in [0.5, 0.6) is 11.5 Å². The minimum absolute atomic E-state index is 0.119. The summed E-state index contributed by atoms with van der Waals surface area (Å²) >= 11 is 3.38. The normalized spacial score (nSPS) is 14.0. The molecule has 0 aromatic heterocycles. The lowest BCUT2D eigenvalue weighted by atomic mass is 10.1. The van der Waals surface area contributed by atoms with Crippen LogP contribution in [0, 0.1) is 0 Å². The van der Waals surface area contributed by atoms with Crippen molar-refractivity contribution in [1.29, 1.82) is 0 Å². The van der Waals surface area contributed by atoms with E-state index in [0.29, 0.717) is 5.75 Å². The SMILES string of the molecule is CC(NC(=O)/C=C/c1ccc(Br)cc1)c1ccc2c(c1)OCO2. The first-order chi connectivity index (χ1) is 11.1. The Kier molecular flexibility index (Phi) is 4.67. The van der Waals surface area contributed by atoms with Crippen LogP contribution in [0.25, 0.3) is 6.08 Å². The second-order valence-corrected chi connectivity index (χ2v) is 6.14. The van der Waals surface area contributed by atoms with Crippen molar-refractivity contribution in [3.63, 3.8) is 0 Å². The summed E-state index contributed by atoms with van der Waals surface area (Å²) in [6, 6.07) is 13.3. The molecule has 3 rings (SSSR count). The van der Waals surface area contributed by atoms with Crippen LogP contribution >= 0.6 is 15.9 Å². The van der Waals surface area contributed by atoms with Gasteiger partial charge in [-0.1, -0.05) is 34.1 Å². The van der Waals surface area contributed by atoms with Gasteiger partial charge in [-0.3, -0.25) is 4.79 Å². The maximum absolute atomic E-state index is 12.0. The topological polar surface area (TPSA) is 47.6 Å². The molecule has 1 amide bonds. The number of benzene rings is 2. The molecule has 1 atom stereocenters. The lowest BCUT2D eigenvalue weighted by Crippen LogP contribution is -2.24. The molecule has 1 aliphatic heterocycles. The van der Waals surface area contributed by atoms with Gasteiger partial charge < -0.3 is 14.8 Å². The van der Waals surface area contributed by atoms with E-state index in [2.05, 4.69) is 21.2 Å². The van der Waals surface area contributed by atoms with Gasteiger partial charge in [0.25, 0.3) is 0 Å². The predicted molar refractivity (Wildman–Crippen MR) is 92.3 cm³/mol. The molecule has 0 saturated heterocycles. The molecular formula is C18H16BrNO3. The van der Waals surface area contributed by atoms with Gasteiger partial charge in [-0.2, -0.15) is 0 Å². The van der Waals surface area contributed by atoms with E-state index in [1.807, 2.05) is 49.4 Å². The van der Waals surface area contributed by atoms with Gasteiger partial charge in [-0.25, -0.2) is 0 Å². The Hall–Kier alpha value is -2.27. The van der Waals surface area contributed by atoms with E-state index in [1.165, 1.54) is 6.08 Å². The molecule has 0 radical (unpaired) electrons. The van der Waals surface area contributed by atoms with Gasteiger partial charge in [0.2, 0.25) is 12.7 Å². The molecule has 0 fully saturated rings. The zero-order valence-corrected chi connectivity index (χ0v) is 14.2. The Morgan fingerprint density at radius 1 is 1.17 bits per heavy atom. The fraction of sp³-hybridized carbons (Fsp3) is 0.167. The molecule has 0 spiro atoms. The predicted octanol–water partition coefficient (Wildman–Crippen LogP) is 4.07. The Labute approximate surface area is 143 Å². The summed E-state index contributed by atoms with van der Waals surface area (Å²) in [4.78, 5) is 12.0. The first-order valence-corrected chi connectivity index (χ1v) is 8.05. The largest absolute Gasteiger partial charge is 0.454 e. The first kappa shape index (κ1) is 15.6.